The standard InChI is InChI=1S/C14H20BrN3O/c1-9-3-4-10(2)18(8-9)13-6-5-11(7-12(13)15)14(16)17-19/h5-7,9-10,19H,3-4,8H2,1-2H3,(H2,16,17). The van der Waals surface area contributed by atoms with Crippen molar-refractivity contribution in [2.24, 2.45) is 16.8 Å². The highest BCUT2D eigenvalue weighted by molar-refractivity contribution is 9.10. The molecule has 0 bridgehead atoms. The first-order valence-electron chi connectivity index (χ1n) is 6.57. The fourth-order valence-corrected chi connectivity index (χ4v) is 3.19. The zero-order valence-electron chi connectivity index (χ0n) is 11.3. The summed E-state index contributed by atoms with van der Waals surface area (Å²) in [6.45, 7) is 5.62. The van der Waals surface area contributed by atoms with Crippen LogP contribution in [0, 0.1) is 5.92 Å². The first-order valence-corrected chi connectivity index (χ1v) is 7.36. The first-order chi connectivity index (χ1) is 9.02. The van der Waals surface area contributed by atoms with Crippen LogP contribution in [-0.2, 0) is 0 Å². The maximum atomic E-state index is 8.71. The van der Waals surface area contributed by atoms with Crippen molar-refractivity contribution < 1.29 is 5.21 Å². The Labute approximate surface area is 122 Å². The summed E-state index contributed by atoms with van der Waals surface area (Å²) in [6, 6.07) is 6.37. The minimum absolute atomic E-state index is 0.132. The van der Waals surface area contributed by atoms with E-state index in [0.717, 1.165) is 16.6 Å². The van der Waals surface area contributed by atoms with E-state index in [1.165, 1.54) is 18.5 Å². The normalized spacial score (nSPS) is 24.6. The van der Waals surface area contributed by atoms with Crippen LogP contribution < -0.4 is 10.6 Å². The third kappa shape index (κ3) is 3.03. The number of nitrogens with two attached hydrogens (primary N) is 1. The van der Waals surface area contributed by atoms with E-state index in [4.69, 9.17) is 10.9 Å². The summed E-state index contributed by atoms with van der Waals surface area (Å²) in [5, 5.41) is 11.7. The van der Waals surface area contributed by atoms with Crippen LogP contribution in [0.25, 0.3) is 0 Å². The van der Waals surface area contributed by atoms with Crippen LogP contribution in [0.4, 0.5) is 5.69 Å². The molecule has 0 spiro atoms. The highest BCUT2D eigenvalue weighted by atomic mass is 79.9. The quantitative estimate of drug-likeness (QED) is 0.380. The van der Waals surface area contributed by atoms with E-state index >= 15 is 0 Å². The predicted molar refractivity (Wildman–Crippen MR) is 81.9 cm³/mol. The summed E-state index contributed by atoms with van der Waals surface area (Å²) >= 11 is 3.59. The zero-order chi connectivity index (χ0) is 14.0. The summed E-state index contributed by atoms with van der Waals surface area (Å²) in [5.41, 5.74) is 7.50. The van der Waals surface area contributed by atoms with Crippen LogP contribution in [0.3, 0.4) is 0 Å². The van der Waals surface area contributed by atoms with Gasteiger partial charge in [-0.1, -0.05) is 12.1 Å². The van der Waals surface area contributed by atoms with Crippen molar-refractivity contribution in [1.82, 2.24) is 0 Å². The maximum Gasteiger partial charge on any atom is 0.170 e. The van der Waals surface area contributed by atoms with E-state index in [9.17, 15) is 0 Å². The number of nitrogens with zero attached hydrogens (tertiary/aromatic N) is 2. The predicted octanol–water partition coefficient (Wildman–Crippen LogP) is 3.17. The Morgan fingerprint density at radius 2 is 2.16 bits per heavy atom. The lowest BCUT2D eigenvalue weighted by atomic mass is 9.94. The molecule has 1 aliphatic rings. The van der Waals surface area contributed by atoms with Gasteiger partial charge in [0.15, 0.2) is 5.84 Å². The molecule has 4 nitrogen and oxygen atoms in total. The molecule has 3 N–H and O–H groups in total. The highest BCUT2D eigenvalue weighted by Gasteiger charge is 2.24. The Morgan fingerprint density at radius 1 is 1.42 bits per heavy atom. The molecule has 19 heavy (non-hydrogen) atoms. The van der Waals surface area contributed by atoms with E-state index in [1.807, 2.05) is 18.2 Å². The van der Waals surface area contributed by atoms with Gasteiger partial charge in [-0.25, -0.2) is 0 Å². The number of amidine groups is 1. The molecule has 0 aromatic heterocycles. The van der Waals surface area contributed by atoms with E-state index in [-0.39, 0.29) is 5.84 Å². The number of oxime groups is 1. The molecule has 0 amide bonds. The van der Waals surface area contributed by atoms with Crippen LogP contribution in [-0.4, -0.2) is 23.6 Å². The molecule has 1 fully saturated rings. The topological polar surface area (TPSA) is 61.8 Å². The van der Waals surface area contributed by atoms with Gasteiger partial charge in [-0.3, -0.25) is 0 Å². The highest BCUT2D eigenvalue weighted by Crippen LogP contribution is 2.33. The minimum Gasteiger partial charge on any atom is -0.409 e. The van der Waals surface area contributed by atoms with Gasteiger partial charge in [0.25, 0.3) is 0 Å². The Morgan fingerprint density at radius 3 is 2.79 bits per heavy atom. The lowest BCUT2D eigenvalue weighted by Gasteiger charge is -2.39. The average molecular weight is 326 g/mol. The van der Waals surface area contributed by atoms with Crippen molar-refractivity contribution in [1.29, 1.82) is 0 Å². The van der Waals surface area contributed by atoms with Crippen molar-refractivity contribution >= 4 is 27.5 Å². The monoisotopic (exact) mass is 325 g/mol. The molecule has 1 aromatic rings. The lowest BCUT2D eigenvalue weighted by Crippen LogP contribution is -2.41. The molecule has 5 heteroatoms. The van der Waals surface area contributed by atoms with E-state index in [0.29, 0.717) is 12.0 Å². The number of hydrogen-bond donors (Lipinski definition) is 2. The molecule has 0 saturated carbocycles. The SMILES string of the molecule is CC1CCC(C)N(c2ccc(/C(N)=N/O)cc2Br)C1. The van der Waals surface area contributed by atoms with Crippen molar-refractivity contribution in [2.75, 3.05) is 11.4 Å². The molecule has 1 heterocycles. The largest absolute Gasteiger partial charge is 0.409 e. The van der Waals surface area contributed by atoms with Gasteiger partial charge in [0.2, 0.25) is 0 Å². The van der Waals surface area contributed by atoms with E-state index in [2.05, 4.69) is 39.8 Å². The summed E-state index contributed by atoms with van der Waals surface area (Å²) in [4.78, 5) is 2.42. The van der Waals surface area contributed by atoms with Gasteiger partial charge in [0.1, 0.15) is 0 Å². The van der Waals surface area contributed by atoms with Gasteiger partial charge in [0, 0.05) is 22.6 Å². The van der Waals surface area contributed by atoms with Crippen LogP contribution in [0.1, 0.15) is 32.3 Å². The zero-order valence-corrected chi connectivity index (χ0v) is 12.9. The number of hydrogen-bond acceptors (Lipinski definition) is 3. The van der Waals surface area contributed by atoms with Crippen LogP contribution in [0.15, 0.2) is 27.8 Å². The van der Waals surface area contributed by atoms with Crippen LogP contribution in [0.5, 0.6) is 0 Å². The van der Waals surface area contributed by atoms with Gasteiger partial charge < -0.3 is 15.8 Å². The third-order valence-corrected chi connectivity index (χ3v) is 4.41. The average Bonchev–Trinajstić information content (AvgIpc) is 2.41. The van der Waals surface area contributed by atoms with Crippen molar-refractivity contribution in [2.45, 2.75) is 32.7 Å². The number of halogens is 1. The second-order valence-electron chi connectivity index (χ2n) is 5.34. The summed E-state index contributed by atoms with van der Waals surface area (Å²) in [5.74, 6) is 0.846. The van der Waals surface area contributed by atoms with Gasteiger partial charge in [-0.2, -0.15) is 0 Å². The lowest BCUT2D eigenvalue weighted by molar-refractivity contribution is 0.318. The molecular weight excluding hydrogens is 306 g/mol. The second kappa shape index (κ2) is 5.82. The fraction of sp³-hybridized carbons (Fsp3) is 0.500. The van der Waals surface area contributed by atoms with Crippen LogP contribution in [0.2, 0.25) is 0 Å². The molecule has 1 aromatic carbocycles. The Hall–Kier alpha value is -1.23. The Kier molecular flexibility index (Phi) is 4.34. The molecule has 0 radical (unpaired) electrons. The molecule has 1 saturated heterocycles. The van der Waals surface area contributed by atoms with Gasteiger partial charge in [-0.05, 0) is 59.8 Å². The molecule has 104 valence electrons. The third-order valence-electron chi connectivity index (χ3n) is 3.78. The second-order valence-corrected chi connectivity index (χ2v) is 6.19. The Bertz CT molecular complexity index is 490. The maximum absolute atomic E-state index is 8.71. The van der Waals surface area contributed by atoms with Crippen molar-refractivity contribution in [3.63, 3.8) is 0 Å². The van der Waals surface area contributed by atoms with Gasteiger partial charge in [-0.15, -0.1) is 0 Å². The van der Waals surface area contributed by atoms with E-state index < -0.39 is 0 Å². The summed E-state index contributed by atoms with van der Waals surface area (Å²) in [7, 11) is 0. The Balaban J connectivity index is 2.30. The van der Waals surface area contributed by atoms with E-state index in [1.54, 1.807) is 0 Å². The molecule has 0 aliphatic carbocycles. The van der Waals surface area contributed by atoms with Gasteiger partial charge in [0.05, 0.1) is 5.69 Å². The molecule has 2 rings (SSSR count). The van der Waals surface area contributed by atoms with Crippen molar-refractivity contribution in [3.8, 4) is 0 Å². The number of anilines is 1. The minimum atomic E-state index is 0.132. The number of piperidine rings is 1. The van der Waals surface area contributed by atoms with Crippen molar-refractivity contribution in [3.05, 3.63) is 28.2 Å². The molecule has 2 unspecified atom stereocenters. The van der Waals surface area contributed by atoms with Crippen LogP contribution >= 0.6 is 15.9 Å². The first kappa shape index (κ1) is 14.2. The molecule has 2 atom stereocenters. The number of rotatable bonds is 2. The summed E-state index contributed by atoms with van der Waals surface area (Å²) < 4.78 is 0.984. The smallest absolute Gasteiger partial charge is 0.170 e. The van der Waals surface area contributed by atoms with Gasteiger partial charge >= 0.3 is 0 Å². The summed E-state index contributed by atoms with van der Waals surface area (Å²) in [6.07, 6.45) is 2.51. The fourth-order valence-electron chi connectivity index (χ4n) is 2.58. The molecule has 1 aliphatic heterocycles. The molecular formula is C14H20BrN3O. The number of benzene rings is 1.